The minimum Gasteiger partial charge on any atom is -0.348 e. The minimum atomic E-state index is -3.47. The number of sulfonamides is 1. The van der Waals surface area contributed by atoms with Crippen molar-refractivity contribution in [3.8, 4) is 10.6 Å². The Balaban J connectivity index is 1.41. The smallest absolute Gasteiger partial charge is 0.251 e. The molecule has 8 heteroatoms. The van der Waals surface area contributed by atoms with Crippen LogP contribution in [0.1, 0.15) is 28.8 Å². The van der Waals surface area contributed by atoms with Crippen molar-refractivity contribution in [1.29, 1.82) is 0 Å². The number of pyridine rings is 1. The molecule has 0 aliphatic carbocycles. The lowest BCUT2D eigenvalue weighted by Crippen LogP contribution is -2.28. The molecule has 150 valence electrons. The summed E-state index contributed by atoms with van der Waals surface area (Å²) in [6.07, 6.45) is 3.51. The Morgan fingerprint density at radius 1 is 1.10 bits per heavy atom. The van der Waals surface area contributed by atoms with E-state index in [0.29, 0.717) is 25.2 Å². The molecule has 1 aliphatic heterocycles. The molecular formula is C21H21N3O3S2. The maximum atomic E-state index is 12.6. The molecule has 6 nitrogen and oxygen atoms in total. The van der Waals surface area contributed by atoms with E-state index in [4.69, 9.17) is 0 Å². The van der Waals surface area contributed by atoms with Gasteiger partial charge < -0.3 is 5.32 Å². The van der Waals surface area contributed by atoms with Crippen molar-refractivity contribution >= 4 is 27.3 Å². The normalized spacial score (nSPS) is 14.8. The first-order valence-corrected chi connectivity index (χ1v) is 11.7. The van der Waals surface area contributed by atoms with Gasteiger partial charge in [-0.05, 0) is 66.2 Å². The molecule has 3 aromatic rings. The zero-order valence-corrected chi connectivity index (χ0v) is 17.4. The summed E-state index contributed by atoms with van der Waals surface area (Å²) in [7, 11) is -3.47. The second kappa shape index (κ2) is 8.44. The average molecular weight is 428 g/mol. The third-order valence-electron chi connectivity index (χ3n) is 4.87. The molecule has 29 heavy (non-hydrogen) atoms. The van der Waals surface area contributed by atoms with Gasteiger partial charge in [0.1, 0.15) is 0 Å². The van der Waals surface area contributed by atoms with Crippen LogP contribution in [0, 0.1) is 0 Å². The summed E-state index contributed by atoms with van der Waals surface area (Å²) in [5.74, 6) is -0.246. The summed E-state index contributed by atoms with van der Waals surface area (Å²) >= 11 is 1.62. The number of hydrogen-bond acceptors (Lipinski definition) is 5. The first-order valence-electron chi connectivity index (χ1n) is 9.41. The lowest BCUT2D eigenvalue weighted by Gasteiger charge is -2.15. The van der Waals surface area contributed by atoms with Gasteiger partial charge in [-0.3, -0.25) is 9.78 Å². The van der Waals surface area contributed by atoms with Crippen molar-refractivity contribution < 1.29 is 13.2 Å². The van der Waals surface area contributed by atoms with E-state index < -0.39 is 10.0 Å². The predicted octanol–water partition coefficient (Wildman–Crippen LogP) is 3.52. The molecule has 0 radical (unpaired) electrons. The first kappa shape index (κ1) is 19.8. The Bertz CT molecular complexity index is 1090. The molecule has 0 atom stereocenters. The van der Waals surface area contributed by atoms with Crippen LogP contribution in [0.15, 0.2) is 65.0 Å². The topological polar surface area (TPSA) is 79.4 Å². The maximum Gasteiger partial charge on any atom is 0.251 e. The monoisotopic (exact) mass is 427 g/mol. The van der Waals surface area contributed by atoms with Crippen molar-refractivity contribution in [2.75, 3.05) is 13.1 Å². The van der Waals surface area contributed by atoms with Crippen LogP contribution in [0.4, 0.5) is 0 Å². The Morgan fingerprint density at radius 2 is 1.86 bits per heavy atom. The van der Waals surface area contributed by atoms with Crippen molar-refractivity contribution in [3.05, 3.63) is 71.2 Å². The highest BCUT2D eigenvalue weighted by molar-refractivity contribution is 7.89. The molecule has 1 N–H and O–H groups in total. The van der Waals surface area contributed by atoms with E-state index in [1.165, 1.54) is 16.4 Å². The van der Waals surface area contributed by atoms with Gasteiger partial charge in [0.25, 0.3) is 5.91 Å². The Kier molecular flexibility index (Phi) is 5.75. The zero-order chi connectivity index (χ0) is 20.3. The largest absolute Gasteiger partial charge is 0.348 e. The summed E-state index contributed by atoms with van der Waals surface area (Å²) in [6, 6.07) is 13.9. The van der Waals surface area contributed by atoms with Crippen molar-refractivity contribution in [3.63, 3.8) is 0 Å². The van der Waals surface area contributed by atoms with E-state index in [1.54, 1.807) is 29.7 Å². The minimum absolute atomic E-state index is 0.227. The molecule has 1 amide bonds. The molecule has 1 aliphatic rings. The first-order chi connectivity index (χ1) is 14.0. The number of aromatic nitrogens is 1. The van der Waals surface area contributed by atoms with E-state index in [0.717, 1.165) is 29.0 Å². The van der Waals surface area contributed by atoms with Gasteiger partial charge in [-0.15, -0.1) is 11.3 Å². The number of nitrogens with zero attached hydrogens (tertiary/aromatic N) is 2. The average Bonchev–Trinajstić information content (AvgIpc) is 3.47. The molecule has 0 saturated carbocycles. The van der Waals surface area contributed by atoms with Gasteiger partial charge in [0, 0.05) is 31.4 Å². The Labute approximate surface area is 174 Å². The molecule has 1 fully saturated rings. The van der Waals surface area contributed by atoms with E-state index in [9.17, 15) is 13.2 Å². The summed E-state index contributed by atoms with van der Waals surface area (Å²) < 4.78 is 26.6. The van der Waals surface area contributed by atoms with Gasteiger partial charge in [0.2, 0.25) is 10.0 Å². The number of carbonyl (C=O) groups excluding carboxylic acids is 1. The van der Waals surface area contributed by atoms with Crippen molar-refractivity contribution in [1.82, 2.24) is 14.6 Å². The second-order valence-electron chi connectivity index (χ2n) is 6.84. The van der Waals surface area contributed by atoms with E-state index in [2.05, 4.69) is 10.3 Å². The van der Waals surface area contributed by atoms with Crippen LogP contribution in [0.3, 0.4) is 0 Å². The lowest BCUT2D eigenvalue weighted by atomic mass is 10.2. The molecule has 3 heterocycles. The highest BCUT2D eigenvalue weighted by Crippen LogP contribution is 2.23. The van der Waals surface area contributed by atoms with Crippen LogP contribution >= 0.6 is 11.3 Å². The highest BCUT2D eigenvalue weighted by atomic mass is 32.2. The third kappa shape index (κ3) is 4.39. The summed E-state index contributed by atoms with van der Waals surface area (Å²) in [4.78, 5) is 18.1. The number of nitrogens with one attached hydrogen (secondary N) is 1. The van der Waals surface area contributed by atoms with Gasteiger partial charge in [0.05, 0.1) is 15.5 Å². The Morgan fingerprint density at radius 3 is 2.55 bits per heavy atom. The standard InChI is InChI=1S/C21H21N3O3S2/c25-21(23-15-16-9-10-22-19(14-16)20-4-3-13-28-20)17-5-7-18(8-6-17)29(26,27)24-11-1-2-12-24/h3-10,13-14H,1-2,11-12,15H2,(H,23,25). The van der Waals surface area contributed by atoms with Crippen LogP contribution in [0.2, 0.25) is 0 Å². The summed E-state index contributed by atoms with van der Waals surface area (Å²) in [6.45, 7) is 1.49. The van der Waals surface area contributed by atoms with Crippen molar-refractivity contribution in [2.45, 2.75) is 24.3 Å². The number of thiophene rings is 1. The number of carbonyl (C=O) groups is 1. The zero-order valence-electron chi connectivity index (χ0n) is 15.7. The molecular weight excluding hydrogens is 406 g/mol. The SMILES string of the molecule is O=C(NCc1ccnc(-c2cccs2)c1)c1ccc(S(=O)(=O)N2CCCC2)cc1. The van der Waals surface area contributed by atoms with Crippen molar-refractivity contribution in [2.24, 2.45) is 0 Å². The molecule has 0 bridgehead atoms. The van der Waals surface area contributed by atoms with E-state index in [1.807, 2.05) is 29.6 Å². The molecule has 0 unspecified atom stereocenters. The van der Waals surface area contributed by atoms with Gasteiger partial charge in [-0.2, -0.15) is 4.31 Å². The fourth-order valence-corrected chi connectivity index (χ4v) is 5.49. The quantitative estimate of drug-likeness (QED) is 0.653. The summed E-state index contributed by atoms with van der Waals surface area (Å²) in [5.41, 5.74) is 2.26. The Hall–Kier alpha value is -2.55. The van der Waals surface area contributed by atoms with Crippen LogP contribution in [0.25, 0.3) is 10.6 Å². The fraction of sp³-hybridized carbons (Fsp3) is 0.238. The lowest BCUT2D eigenvalue weighted by molar-refractivity contribution is 0.0951. The second-order valence-corrected chi connectivity index (χ2v) is 9.73. The van der Waals surface area contributed by atoms with Crippen LogP contribution in [-0.2, 0) is 16.6 Å². The predicted molar refractivity (Wildman–Crippen MR) is 113 cm³/mol. The van der Waals surface area contributed by atoms with Crippen LogP contribution in [-0.4, -0.2) is 36.7 Å². The number of benzene rings is 1. The maximum absolute atomic E-state index is 12.6. The van der Waals surface area contributed by atoms with E-state index >= 15 is 0 Å². The van der Waals surface area contributed by atoms with E-state index in [-0.39, 0.29) is 10.8 Å². The number of hydrogen-bond donors (Lipinski definition) is 1. The molecule has 2 aromatic heterocycles. The molecule has 1 saturated heterocycles. The third-order valence-corrected chi connectivity index (χ3v) is 7.68. The van der Waals surface area contributed by atoms with Gasteiger partial charge >= 0.3 is 0 Å². The number of rotatable bonds is 6. The fourth-order valence-electron chi connectivity index (χ4n) is 3.28. The van der Waals surface area contributed by atoms with Crippen LogP contribution in [0.5, 0.6) is 0 Å². The summed E-state index contributed by atoms with van der Waals surface area (Å²) in [5, 5.41) is 4.88. The molecule has 4 rings (SSSR count). The number of amides is 1. The highest BCUT2D eigenvalue weighted by Gasteiger charge is 2.27. The molecule has 0 spiro atoms. The van der Waals surface area contributed by atoms with Gasteiger partial charge in [-0.1, -0.05) is 6.07 Å². The molecule has 1 aromatic carbocycles. The van der Waals surface area contributed by atoms with Gasteiger partial charge in [0.15, 0.2) is 0 Å². The van der Waals surface area contributed by atoms with Crippen LogP contribution < -0.4 is 5.32 Å². The van der Waals surface area contributed by atoms with Gasteiger partial charge in [-0.25, -0.2) is 8.42 Å².